The van der Waals surface area contributed by atoms with Crippen LogP contribution < -0.4 is 5.32 Å². The Bertz CT molecular complexity index is 1000. The van der Waals surface area contributed by atoms with Crippen molar-refractivity contribution in [3.05, 3.63) is 0 Å². The molecular weight excluding hydrogens is 502 g/mol. The molecule has 5 saturated carbocycles. The molecule has 5 unspecified atom stereocenters. The number of rotatable bonds is 4. The van der Waals surface area contributed by atoms with Crippen LogP contribution in [0.1, 0.15) is 106 Å². The molecule has 2 spiro atoms. The van der Waals surface area contributed by atoms with Crippen molar-refractivity contribution in [2.24, 2.45) is 50.7 Å². The van der Waals surface area contributed by atoms with E-state index < -0.39 is 11.7 Å². The summed E-state index contributed by atoms with van der Waals surface area (Å²) < 4.78 is 19.5. The summed E-state index contributed by atoms with van der Waals surface area (Å²) >= 11 is 0. The lowest BCUT2D eigenvalue weighted by molar-refractivity contribution is -0.235. The van der Waals surface area contributed by atoms with Crippen molar-refractivity contribution in [3.63, 3.8) is 0 Å². The van der Waals surface area contributed by atoms with Crippen LogP contribution in [0.25, 0.3) is 0 Å². The first-order chi connectivity index (χ1) is 18.7. The van der Waals surface area contributed by atoms with E-state index in [0.29, 0.717) is 22.7 Å². The highest BCUT2D eigenvalue weighted by Crippen LogP contribution is 2.89. The normalized spacial score (nSPS) is 55.7. The Balaban J connectivity index is 1.14. The minimum absolute atomic E-state index is 0.103. The predicted molar refractivity (Wildman–Crippen MR) is 154 cm³/mol. The lowest BCUT2D eigenvalue weighted by Gasteiger charge is -2.63. The van der Waals surface area contributed by atoms with E-state index in [4.69, 9.17) is 14.2 Å². The van der Waals surface area contributed by atoms with Crippen molar-refractivity contribution in [3.8, 4) is 0 Å². The topological polar surface area (TPSA) is 80.2 Å². The van der Waals surface area contributed by atoms with Crippen LogP contribution >= 0.6 is 0 Å². The number of morpholine rings is 1. The summed E-state index contributed by atoms with van der Waals surface area (Å²) in [5.41, 5.74) is 0.519. The molecule has 0 amide bonds. The van der Waals surface area contributed by atoms with Gasteiger partial charge in [0.15, 0.2) is 6.29 Å². The third kappa shape index (κ3) is 3.62. The Morgan fingerprint density at radius 2 is 1.70 bits per heavy atom. The molecule has 2 saturated heterocycles. The van der Waals surface area contributed by atoms with Crippen molar-refractivity contribution in [1.29, 1.82) is 0 Å². The van der Waals surface area contributed by atoms with Gasteiger partial charge in [0.25, 0.3) is 0 Å². The molecule has 7 rings (SSSR count). The Kier molecular flexibility index (Phi) is 6.35. The molecule has 2 aliphatic heterocycles. The Hall–Kier alpha value is -0.240. The highest BCUT2D eigenvalue weighted by Gasteiger charge is 2.83. The largest absolute Gasteiger partial charge is 0.388 e. The van der Waals surface area contributed by atoms with Crippen LogP contribution in [-0.4, -0.2) is 66.2 Å². The van der Waals surface area contributed by atoms with Gasteiger partial charge >= 0.3 is 0 Å². The lowest BCUT2D eigenvalue weighted by Crippen LogP contribution is -2.59. The van der Waals surface area contributed by atoms with Gasteiger partial charge in [0, 0.05) is 13.1 Å². The molecule has 2 heterocycles. The number of fused-ring (bicyclic) bond motifs is 4. The molecule has 5 aliphatic carbocycles. The Labute approximate surface area is 242 Å². The molecule has 13 atom stereocenters. The maximum absolute atomic E-state index is 11.0. The van der Waals surface area contributed by atoms with Crippen molar-refractivity contribution in [1.82, 2.24) is 5.32 Å². The summed E-state index contributed by atoms with van der Waals surface area (Å²) in [5, 5.41) is 25.0. The number of aliphatic hydroxyl groups excluding tert-OH is 1. The molecule has 6 heteroatoms. The van der Waals surface area contributed by atoms with Gasteiger partial charge in [0.2, 0.25) is 0 Å². The van der Waals surface area contributed by atoms with Gasteiger partial charge in [-0.15, -0.1) is 0 Å². The van der Waals surface area contributed by atoms with Crippen LogP contribution in [0, 0.1) is 50.7 Å². The van der Waals surface area contributed by atoms with E-state index in [1.54, 1.807) is 13.8 Å². The minimum atomic E-state index is -1.14. The molecule has 228 valence electrons. The summed E-state index contributed by atoms with van der Waals surface area (Å²) in [4.78, 5) is 0. The van der Waals surface area contributed by atoms with Gasteiger partial charge in [-0.05, 0) is 122 Å². The standard InChI is InChI=1S/C34H57NO5/c1-20-16-21(28(36)30(4,5)37)39-22-17-32(7)24-9-8-23-29(2,3)25(40-26-18-35-14-15-38-26)10-11-33(23)19-34(24,33)13-12-31(32,6)27(20)22/h20-28,35-37H,8-19H2,1-7H3/t20-,21?,22?,23?,24+,25+,26?,27?,28+,31-,32+,33-,34+/m1/s1. The molecule has 40 heavy (non-hydrogen) atoms. The molecule has 7 aliphatic rings. The van der Waals surface area contributed by atoms with Gasteiger partial charge in [-0.3, -0.25) is 0 Å². The molecular formula is C34H57NO5. The molecule has 0 aromatic heterocycles. The Morgan fingerprint density at radius 1 is 0.975 bits per heavy atom. The smallest absolute Gasteiger partial charge is 0.170 e. The third-order valence-corrected chi connectivity index (χ3v) is 14.9. The fraction of sp³-hybridized carbons (Fsp3) is 1.00. The van der Waals surface area contributed by atoms with Crippen molar-refractivity contribution >= 4 is 0 Å². The highest BCUT2D eigenvalue weighted by atomic mass is 16.7. The van der Waals surface area contributed by atoms with Gasteiger partial charge in [0.05, 0.1) is 30.5 Å². The zero-order valence-electron chi connectivity index (χ0n) is 26.3. The highest BCUT2D eigenvalue weighted by molar-refractivity contribution is 5.31. The van der Waals surface area contributed by atoms with Gasteiger partial charge in [-0.25, -0.2) is 0 Å². The fourth-order valence-corrected chi connectivity index (χ4v) is 13.0. The van der Waals surface area contributed by atoms with E-state index in [-0.39, 0.29) is 40.8 Å². The van der Waals surface area contributed by atoms with Crippen LogP contribution in [0.4, 0.5) is 0 Å². The van der Waals surface area contributed by atoms with Crippen molar-refractivity contribution in [2.75, 3.05) is 19.7 Å². The molecule has 3 N–H and O–H groups in total. The van der Waals surface area contributed by atoms with E-state index in [1.807, 2.05) is 0 Å². The minimum Gasteiger partial charge on any atom is -0.388 e. The van der Waals surface area contributed by atoms with E-state index in [0.717, 1.165) is 50.8 Å². The first kappa shape index (κ1) is 28.5. The summed E-state index contributed by atoms with van der Waals surface area (Å²) in [6.07, 6.45) is 10.4. The van der Waals surface area contributed by atoms with Crippen LogP contribution in [0.3, 0.4) is 0 Å². The van der Waals surface area contributed by atoms with Crippen LogP contribution in [0.15, 0.2) is 0 Å². The van der Waals surface area contributed by atoms with Gasteiger partial charge in [0.1, 0.15) is 6.10 Å². The predicted octanol–water partition coefficient (Wildman–Crippen LogP) is 5.29. The number of hydrogen-bond donors (Lipinski definition) is 3. The summed E-state index contributed by atoms with van der Waals surface area (Å²) in [6.45, 7) is 18.6. The SMILES string of the molecule is C[C@@H]1CC([C@H](O)C(C)(C)O)OC2C[C@@]3(C)[C@@H]4CCC5C(C)(C)[C@@H](OC6CNCCO6)CC[C@@]56C[C@@]46CC[C@]3(C)C21. The number of nitrogens with one attached hydrogen (secondary N) is 1. The van der Waals surface area contributed by atoms with Gasteiger partial charge in [-0.1, -0.05) is 34.6 Å². The van der Waals surface area contributed by atoms with Crippen LogP contribution in [0.5, 0.6) is 0 Å². The first-order valence-corrected chi connectivity index (χ1v) is 16.7. The number of aliphatic hydroxyl groups is 2. The number of hydrogen-bond acceptors (Lipinski definition) is 6. The van der Waals surface area contributed by atoms with E-state index >= 15 is 0 Å². The second-order valence-electron chi connectivity index (χ2n) is 17.3. The summed E-state index contributed by atoms with van der Waals surface area (Å²) in [5.74, 6) is 2.52. The number of ether oxygens (including phenoxy) is 3. The summed E-state index contributed by atoms with van der Waals surface area (Å²) in [7, 11) is 0. The van der Waals surface area contributed by atoms with Gasteiger partial charge in [-0.2, -0.15) is 0 Å². The second kappa shape index (κ2) is 8.91. The third-order valence-electron chi connectivity index (χ3n) is 14.9. The average Bonchev–Trinajstić information content (AvgIpc) is 3.48. The average molecular weight is 560 g/mol. The molecule has 0 bridgehead atoms. The van der Waals surface area contributed by atoms with Crippen molar-refractivity contribution < 1.29 is 24.4 Å². The summed E-state index contributed by atoms with van der Waals surface area (Å²) in [6, 6.07) is 0. The first-order valence-electron chi connectivity index (χ1n) is 16.7. The Morgan fingerprint density at radius 3 is 2.40 bits per heavy atom. The van der Waals surface area contributed by atoms with E-state index in [1.165, 1.54) is 38.5 Å². The van der Waals surface area contributed by atoms with Crippen molar-refractivity contribution in [2.45, 2.75) is 143 Å². The molecule has 6 nitrogen and oxygen atoms in total. The molecule has 0 aromatic rings. The van der Waals surface area contributed by atoms with E-state index in [2.05, 4.69) is 39.9 Å². The molecule has 7 fully saturated rings. The maximum Gasteiger partial charge on any atom is 0.170 e. The zero-order valence-corrected chi connectivity index (χ0v) is 26.3. The fourth-order valence-electron chi connectivity index (χ4n) is 13.0. The molecule has 0 radical (unpaired) electrons. The monoisotopic (exact) mass is 559 g/mol. The lowest BCUT2D eigenvalue weighted by atomic mass is 9.41. The zero-order chi connectivity index (χ0) is 28.5. The van der Waals surface area contributed by atoms with Gasteiger partial charge < -0.3 is 29.7 Å². The maximum atomic E-state index is 11.0. The van der Waals surface area contributed by atoms with Crippen LogP contribution in [0.2, 0.25) is 0 Å². The quantitative estimate of drug-likeness (QED) is 0.434. The van der Waals surface area contributed by atoms with E-state index in [9.17, 15) is 10.2 Å². The van der Waals surface area contributed by atoms with Crippen LogP contribution in [-0.2, 0) is 14.2 Å². The second-order valence-corrected chi connectivity index (χ2v) is 17.3. The molecule has 0 aromatic carbocycles.